The first kappa shape index (κ1) is 12.1. The summed E-state index contributed by atoms with van der Waals surface area (Å²) >= 11 is 0. The number of halogens is 1. The topological polar surface area (TPSA) is 55.1 Å². The van der Waals surface area contributed by atoms with Crippen molar-refractivity contribution in [1.29, 1.82) is 0 Å². The number of hydrogen-bond acceptors (Lipinski definition) is 2. The Balaban J connectivity index is 2.01. The number of nitrogens with one attached hydrogen (secondary N) is 1. The first-order valence-corrected chi connectivity index (χ1v) is 5.54. The number of hydrogen-bond donors (Lipinski definition) is 2. The molecule has 3 N–H and O–H groups in total. The van der Waals surface area contributed by atoms with E-state index < -0.39 is 0 Å². The number of amides is 1. The molecule has 0 radical (unpaired) electrons. The van der Waals surface area contributed by atoms with Gasteiger partial charge in [-0.2, -0.15) is 0 Å². The normalized spacial score (nSPS) is 10.1. The number of para-hydroxylation sites is 1. The molecule has 1 amide bonds. The first-order valence-electron chi connectivity index (χ1n) is 5.54. The molecule has 0 saturated carbocycles. The molecule has 0 saturated heterocycles. The van der Waals surface area contributed by atoms with Crippen molar-refractivity contribution < 1.29 is 9.18 Å². The molecule has 4 heteroatoms. The maximum Gasteiger partial charge on any atom is 0.228 e. The lowest BCUT2D eigenvalue weighted by molar-refractivity contribution is -0.115. The molecule has 0 fully saturated rings. The van der Waals surface area contributed by atoms with Gasteiger partial charge in [0.05, 0.1) is 6.42 Å². The number of anilines is 2. The predicted octanol–water partition coefficient (Wildman–Crippen LogP) is 2.59. The molecule has 2 rings (SSSR count). The van der Waals surface area contributed by atoms with Gasteiger partial charge in [-0.3, -0.25) is 4.79 Å². The van der Waals surface area contributed by atoms with Crippen LogP contribution in [-0.2, 0) is 11.2 Å². The van der Waals surface area contributed by atoms with Gasteiger partial charge in [0.2, 0.25) is 5.91 Å². The van der Waals surface area contributed by atoms with Crippen molar-refractivity contribution in [1.82, 2.24) is 0 Å². The molecule has 2 aromatic carbocycles. The zero-order valence-electron chi connectivity index (χ0n) is 9.69. The number of rotatable bonds is 3. The summed E-state index contributed by atoms with van der Waals surface area (Å²) in [5.74, 6) is -0.514. The maximum atomic E-state index is 12.7. The number of benzene rings is 2. The third-order valence-corrected chi connectivity index (χ3v) is 2.53. The summed E-state index contributed by atoms with van der Waals surface area (Å²) < 4.78 is 12.7. The van der Waals surface area contributed by atoms with Gasteiger partial charge in [-0.05, 0) is 35.9 Å². The van der Waals surface area contributed by atoms with E-state index >= 15 is 0 Å². The van der Waals surface area contributed by atoms with Crippen LogP contribution in [0.2, 0.25) is 0 Å². The third kappa shape index (κ3) is 3.07. The number of nitrogen functional groups attached to an aromatic ring is 1. The van der Waals surface area contributed by atoms with Gasteiger partial charge in [-0.1, -0.05) is 18.2 Å². The Hall–Kier alpha value is -2.36. The Labute approximate surface area is 104 Å². The van der Waals surface area contributed by atoms with Crippen molar-refractivity contribution in [3.8, 4) is 0 Å². The quantitative estimate of drug-likeness (QED) is 0.815. The van der Waals surface area contributed by atoms with Crippen molar-refractivity contribution in [2.45, 2.75) is 6.42 Å². The second-order valence-electron chi connectivity index (χ2n) is 3.93. The van der Waals surface area contributed by atoms with E-state index in [1.807, 2.05) is 12.1 Å². The van der Waals surface area contributed by atoms with Gasteiger partial charge in [0.15, 0.2) is 0 Å². The first-order chi connectivity index (χ1) is 8.65. The highest BCUT2D eigenvalue weighted by molar-refractivity contribution is 5.92. The fourth-order valence-electron chi connectivity index (χ4n) is 1.61. The van der Waals surface area contributed by atoms with E-state index in [-0.39, 0.29) is 18.1 Å². The second kappa shape index (κ2) is 5.31. The van der Waals surface area contributed by atoms with Crippen LogP contribution in [0.5, 0.6) is 0 Å². The molecule has 0 aliphatic rings. The van der Waals surface area contributed by atoms with Crippen LogP contribution in [0.1, 0.15) is 5.56 Å². The fraction of sp³-hybridized carbons (Fsp3) is 0.0714. The molecular weight excluding hydrogens is 231 g/mol. The van der Waals surface area contributed by atoms with E-state index in [1.165, 1.54) is 24.3 Å². The lowest BCUT2D eigenvalue weighted by atomic mass is 10.1. The Bertz CT molecular complexity index is 552. The molecule has 0 aliphatic carbocycles. The third-order valence-electron chi connectivity index (χ3n) is 2.53. The van der Waals surface area contributed by atoms with E-state index in [0.29, 0.717) is 11.4 Å². The molecule has 0 aliphatic heterocycles. The Morgan fingerprint density at radius 2 is 1.78 bits per heavy atom. The summed E-state index contributed by atoms with van der Waals surface area (Å²) in [6, 6.07) is 12.8. The second-order valence-corrected chi connectivity index (χ2v) is 3.93. The average Bonchev–Trinajstić information content (AvgIpc) is 2.35. The zero-order valence-corrected chi connectivity index (χ0v) is 9.69. The maximum absolute atomic E-state index is 12.7. The van der Waals surface area contributed by atoms with Crippen LogP contribution in [0.4, 0.5) is 15.8 Å². The molecule has 2 aromatic rings. The van der Waals surface area contributed by atoms with Crippen molar-refractivity contribution in [3.63, 3.8) is 0 Å². The molecule has 0 aromatic heterocycles. The molecule has 0 spiro atoms. The highest BCUT2D eigenvalue weighted by Gasteiger charge is 2.06. The SMILES string of the molecule is Nc1ccccc1CC(=O)Nc1ccc(F)cc1. The van der Waals surface area contributed by atoms with Gasteiger partial charge < -0.3 is 11.1 Å². The smallest absolute Gasteiger partial charge is 0.228 e. The molecule has 92 valence electrons. The average molecular weight is 244 g/mol. The Kier molecular flexibility index (Phi) is 3.57. The molecule has 0 bridgehead atoms. The van der Waals surface area contributed by atoms with Crippen LogP contribution in [0.25, 0.3) is 0 Å². The molecule has 0 heterocycles. The molecule has 18 heavy (non-hydrogen) atoms. The number of carbonyl (C=O) groups is 1. The molecule has 0 unspecified atom stereocenters. The highest BCUT2D eigenvalue weighted by atomic mass is 19.1. The lowest BCUT2D eigenvalue weighted by Gasteiger charge is -2.07. The van der Waals surface area contributed by atoms with Crippen LogP contribution in [0.15, 0.2) is 48.5 Å². The van der Waals surface area contributed by atoms with E-state index in [4.69, 9.17) is 5.73 Å². The van der Waals surface area contributed by atoms with E-state index in [2.05, 4.69) is 5.32 Å². The van der Waals surface area contributed by atoms with Gasteiger partial charge >= 0.3 is 0 Å². The van der Waals surface area contributed by atoms with E-state index in [1.54, 1.807) is 12.1 Å². The van der Waals surface area contributed by atoms with Gasteiger partial charge in [-0.15, -0.1) is 0 Å². The van der Waals surface area contributed by atoms with Gasteiger partial charge in [-0.25, -0.2) is 4.39 Å². The van der Waals surface area contributed by atoms with E-state index in [9.17, 15) is 9.18 Å². The van der Waals surface area contributed by atoms with Crippen LogP contribution in [0.3, 0.4) is 0 Å². The zero-order chi connectivity index (χ0) is 13.0. The minimum Gasteiger partial charge on any atom is -0.398 e. The van der Waals surface area contributed by atoms with Crippen molar-refractivity contribution in [3.05, 3.63) is 59.9 Å². The Morgan fingerprint density at radius 1 is 1.11 bits per heavy atom. The standard InChI is InChI=1S/C14H13FN2O/c15-11-5-7-12(8-6-11)17-14(18)9-10-3-1-2-4-13(10)16/h1-8H,9,16H2,(H,17,18). The summed E-state index contributed by atoms with van der Waals surface area (Å²) in [6.07, 6.45) is 0.198. The van der Waals surface area contributed by atoms with Crippen LogP contribution < -0.4 is 11.1 Å². The van der Waals surface area contributed by atoms with E-state index in [0.717, 1.165) is 5.56 Å². The summed E-state index contributed by atoms with van der Waals surface area (Å²) in [5.41, 5.74) is 7.68. The minimum absolute atomic E-state index is 0.181. The Morgan fingerprint density at radius 3 is 2.44 bits per heavy atom. The lowest BCUT2D eigenvalue weighted by Crippen LogP contribution is -2.15. The largest absolute Gasteiger partial charge is 0.398 e. The molecular formula is C14H13FN2O. The monoisotopic (exact) mass is 244 g/mol. The highest BCUT2D eigenvalue weighted by Crippen LogP contribution is 2.13. The summed E-state index contributed by atoms with van der Waals surface area (Å²) in [6.45, 7) is 0. The van der Waals surface area contributed by atoms with Gasteiger partial charge in [0.25, 0.3) is 0 Å². The fourth-order valence-corrected chi connectivity index (χ4v) is 1.61. The molecule has 3 nitrogen and oxygen atoms in total. The van der Waals surface area contributed by atoms with Gasteiger partial charge in [0.1, 0.15) is 5.82 Å². The summed E-state index contributed by atoms with van der Waals surface area (Å²) in [7, 11) is 0. The summed E-state index contributed by atoms with van der Waals surface area (Å²) in [5, 5.41) is 2.68. The van der Waals surface area contributed by atoms with Crippen molar-refractivity contribution >= 4 is 17.3 Å². The van der Waals surface area contributed by atoms with Gasteiger partial charge in [0, 0.05) is 11.4 Å². The van der Waals surface area contributed by atoms with Crippen molar-refractivity contribution in [2.24, 2.45) is 0 Å². The number of carbonyl (C=O) groups excluding carboxylic acids is 1. The predicted molar refractivity (Wildman–Crippen MR) is 69.6 cm³/mol. The summed E-state index contributed by atoms with van der Waals surface area (Å²) in [4.78, 5) is 11.8. The minimum atomic E-state index is -0.333. The molecule has 0 atom stereocenters. The number of nitrogens with two attached hydrogens (primary N) is 1. The van der Waals surface area contributed by atoms with Crippen LogP contribution in [0, 0.1) is 5.82 Å². The van der Waals surface area contributed by atoms with Crippen molar-refractivity contribution in [2.75, 3.05) is 11.1 Å². The van der Waals surface area contributed by atoms with Crippen LogP contribution in [-0.4, -0.2) is 5.91 Å². The van der Waals surface area contributed by atoms with Crippen LogP contribution >= 0.6 is 0 Å².